The summed E-state index contributed by atoms with van der Waals surface area (Å²) < 4.78 is 9.33. The molecule has 2 fully saturated rings. The maximum Gasteiger partial charge on any atom is 0.334 e. The van der Waals surface area contributed by atoms with Gasteiger partial charge in [0.2, 0.25) is 5.91 Å². The second kappa shape index (κ2) is 11.0. The molecule has 0 aliphatic carbocycles. The van der Waals surface area contributed by atoms with Crippen LogP contribution in [0.3, 0.4) is 0 Å². The van der Waals surface area contributed by atoms with Gasteiger partial charge in [0.1, 0.15) is 11.5 Å². The van der Waals surface area contributed by atoms with Crippen molar-refractivity contribution in [1.29, 1.82) is 0 Å². The predicted octanol–water partition coefficient (Wildman–Crippen LogP) is 5.41. The van der Waals surface area contributed by atoms with Gasteiger partial charge in [-0.15, -0.1) is 0 Å². The number of likely N-dealkylation sites (tertiary alicyclic amines) is 2. The summed E-state index contributed by atoms with van der Waals surface area (Å²) in [5, 5.41) is 0.395. The molecule has 0 spiro atoms. The van der Waals surface area contributed by atoms with E-state index in [4.69, 9.17) is 16.3 Å². The van der Waals surface area contributed by atoms with Crippen LogP contribution in [-0.2, 0) is 4.79 Å². The van der Waals surface area contributed by atoms with E-state index in [1.54, 1.807) is 39.7 Å². The number of carbonyl (C=O) groups is 1. The molecule has 0 unspecified atom stereocenters. The van der Waals surface area contributed by atoms with Crippen LogP contribution in [0.5, 0.6) is 11.5 Å². The Labute approximate surface area is 231 Å². The van der Waals surface area contributed by atoms with E-state index in [1.807, 2.05) is 53.6 Å². The lowest BCUT2D eigenvalue weighted by molar-refractivity contribution is -0.125. The van der Waals surface area contributed by atoms with Crippen molar-refractivity contribution in [3.05, 3.63) is 94.8 Å². The SMILES string of the molecule is O=C(/C=C/N1CCCCC1)N1CC[C@@H](n2c(=O)n(-c3ccc(Oc4ccccc4)c(Cl)c3)c3cnccc32)C1. The molecule has 0 bridgehead atoms. The number of nitrogens with zero attached hydrogens (tertiary/aromatic N) is 5. The van der Waals surface area contributed by atoms with E-state index >= 15 is 0 Å². The molecule has 6 rings (SSSR count). The predicted molar refractivity (Wildman–Crippen MR) is 152 cm³/mol. The van der Waals surface area contributed by atoms with Crippen LogP contribution in [0, 0.1) is 0 Å². The third kappa shape index (κ3) is 5.16. The zero-order chi connectivity index (χ0) is 26.8. The molecule has 0 radical (unpaired) electrons. The van der Waals surface area contributed by atoms with Gasteiger partial charge in [-0.2, -0.15) is 0 Å². The number of carbonyl (C=O) groups excluding carboxylic acids is 1. The van der Waals surface area contributed by atoms with Gasteiger partial charge in [-0.3, -0.25) is 18.9 Å². The Hall–Kier alpha value is -4.04. The fraction of sp³-hybridized carbons (Fsp3) is 0.300. The third-order valence-electron chi connectivity index (χ3n) is 7.48. The lowest BCUT2D eigenvalue weighted by Crippen LogP contribution is -2.31. The van der Waals surface area contributed by atoms with Gasteiger partial charge >= 0.3 is 5.69 Å². The van der Waals surface area contributed by atoms with E-state index in [-0.39, 0.29) is 17.6 Å². The van der Waals surface area contributed by atoms with Crippen molar-refractivity contribution in [2.45, 2.75) is 31.7 Å². The molecule has 2 saturated heterocycles. The number of ether oxygens (including phenoxy) is 1. The maximum atomic E-state index is 13.9. The van der Waals surface area contributed by atoms with Gasteiger partial charge < -0.3 is 14.5 Å². The van der Waals surface area contributed by atoms with Gasteiger partial charge in [0, 0.05) is 44.7 Å². The molecule has 200 valence electrons. The summed E-state index contributed by atoms with van der Waals surface area (Å²) in [4.78, 5) is 35.1. The number of halogens is 1. The van der Waals surface area contributed by atoms with Crippen molar-refractivity contribution in [2.75, 3.05) is 26.2 Å². The molecule has 8 nitrogen and oxygen atoms in total. The zero-order valence-corrected chi connectivity index (χ0v) is 22.3. The molecule has 39 heavy (non-hydrogen) atoms. The third-order valence-corrected chi connectivity index (χ3v) is 7.77. The van der Waals surface area contributed by atoms with E-state index in [1.165, 1.54) is 19.3 Å². The Morgan fingerprint density at radius 1 is 1.00 bits per heavy atom. The minimum atomic E-state index is -0.186. The first-order valence-electron chi connectivity index (χ1n) is 13.4. The minimum absolute atomic E-state index is 0.0117. The van der Waals surface area contributed by atoms with Crippen LogP contribution < -0.4 is 10.4 Å². The van der Waals surface area contributed by atoms with Crippen LogP contribution in [0.25, 0.3) is 16.7 Å². The van der Waals surface area contributed by atoms with E-state index < -0.39 is 0 Å². The molecule has 0 N–H and O–H groups in total. The van der Waals surface area contributed by atoms with Gasteiger partial charge in [0.05, 0.1) is 34.0 Å². The highest BCUT2D eigenvalue weighted by Crippen LogP contribution is 2.32. The average molecular weight is 544 g/mol. The van der Waals surface area contributed by atoms with Crippen LogP contribution in [0.2, 0.25) is 5.02 Å². The molecule has 4 heterocycles. The number of hydrogen-bond acceptors (Lipinski definition) is 5. The van der Waals surface area contributed by atoms with E-state index in [9.17, 15) is 9.59 Å². The standard InChI is InChI=1S/C30H30ClN5O3/c31-25-19-22(9-10-28(25)39-24-7-3-1-4-8-24)35-27-20-32-14-11-26(27)36(30(35)38)23-12-18-34(21-23)29(37)13-17-33-15-5-2-6-16-33/h1,3-4,7-11,13-14,17,19-20,23H,2,5-6,12,15-16,18,21H2/b17-13+/t23-/m1/s1. The molecule has 9 heteroatoms. The summed E-state index contributed by atoms with van der Waals surface area (Å²) in [5.74, 6) is 1.17. The van der Waals surface area contributed by atoms with Crippen molar-refractivity contribution in [2.24, 2.45) is 0 Å². The van der Waals surface area contributed by atoms with Crippen molar-refractivity contribution >= 4 is 28.5 Å². The van der Waals surface area contributed by atoms with Crippen LogP contribution in [-0.4, -0.2) is 56.0 Å². The van der Waals surface area contributed by atoms with Crippen LogP contribution in [0.15, 0.2) is 84.1 Å². The van der Waals surface area contributed by atoms with Crippen molar-refractivity contribution in [3.63, 3.8) is 0 Å². The topological polar surface area (TPSA) is 72.6 Å². The van der Waals surface area contributed by atoms with Crippen molar-refractivity contribution in [3.8, 4) is 17.2 Å². The second-order valence-corrected chi connectivity index (χ2v) is 10.4. The molecule has 0 saturated carbocycles. The minimum Gasteiger partial charge on any atom is -0.456 e. The monoisotopic (exact) mass is 543 g/mol. The fourth-order valence-corrected chi connectivity index (χ4v) is 5.71. The number of aromatic nitrogens is 3. The summed E-state index contributed by atoms with van der Waals surface area (Å²) in [6.45, 7) is 3.09. The van der Waals surface area contributed by atoms with Crippen LogP contribution in [0.4, 0.5) is 0 Å². The van der Waals surface area contributed by atoms with Crippen molar-refractivity contribution in [1.82, 2.24) is 23.9 Å². The number of benzene rings is 2. The Bertz CT molecular complexity index is 1570. The molecule has 2 aromatic carbocycles. The Morgan fingerprint density at radius 3 is 2.62 bits per heavy atom. The summed E-state index contributed by atoms with van der Waals surface area (Å²) in [5.41, 5.74) is 1.90. The van der Waals surface area contributed by atoms with Crippen LogP contribution in [0.1, 0.15) is 31.7 Å². The van der Waals surface area contributed by atoms with Crippen molar-refractivity contribution < 1.29 is 9.53 Å². The molecule has 2 aromatic heterocycles. The number of imidazole rings is 1. The van der Waals surface area contributed by atoms with E-state index in [2.05, 4.69) is 9.88 Å². The molecular formula is C30H30ClN5O3. The van der Waals surface area contributed by atoms with E-state index in [0.717, 1.165) is 18.6 Å². The first-order chi connectivity index (χ1) is 19.1. The van der Waals surface area contributed by atoms with Gasteiger partial charge in [0.25, 0.3) is 0 Å². The lowest BCUT2D eigenvalue weighted by atomic mass is 10.1. The zero-order valence-electron chi connectivity index (χ0n) is 21.6. The first kappa shape index (κ1) is 25.2. The van der Waals surface area contributed by atoms with Gasteiger partial charge in [-0.05, 0) is 62.1 Å². The van der Waals surface area contributed by atoms with E-state index in [0.29, 0.717) is 47.2 Å². The number of para-hydroxylation sites is 1. The smallest absolute Gasteiger partial charge is 0.334 e. The lowest BCUT2D eigenvalue weighted by Gasteiger charge is -2.25. The normalized spacial score (nSPS) is 17.8. The summed E-state index contributed by atoms with van der Waals surface area (Å²) in [7, 11) is 0. The summed E-state index contributed by atoms with van der Waals surface area (Å²) >= 11 is 6.59. The van der Waals surface area contributed by atoms with Gasteiger partial charge in [0.15, 0.2) is 0 Å². The number of amides is 1. The average Bonchev–Trinajstić information content (AvgIpc) is 3.56. The number of hydrogen-bond donors (Lipinski definition) is 0. The second-order valence-electron chi connectivity index (χ2n) is 10.0. The summed E-state index contributed by atoms with van der Waals surface area (Å²) in [6, 6.07) is 16.4. The molecular weight excluding hydrogens is 514 g/mol. The highest BCUT2D eigenvalue weighted by Gasteiger charge is 2.30. The van der Waals surface area contributed by atoms with Gasteiger partial charge in [-0.25, -0.2) is 4.79 Å². The molecule has 2 aliphatic rings. The molecule has 4 aromatic rings. The first-order valence-corrected chi connectivity index (χ1v) is 13.8. The Kier molecular flexibility index (Phi) is 7.11. The molecule has 2 aliphatic heterocycles. The number of piperidine rings is 1. The molecule has 1 amide bonds. The van der Waals surface area contributed by atoms with Gasteiger partial charge in [-0.1, -0.05) is 29.8 Å². The Balaban J connectivity index is 1.26. The van der Waals surface area contributed by atoms with Crippen LogP contribution >= 0.6 is 11.6 Å². The number of pyridine rings is 1. The quantitative estimate of drug-likeness (QED) is 0.304. The largest absolute Gasteiger partial charge is 0.456 e. The number of rotatable bonds is 6. The maximum absolute atomic E-state index is 13.9. The fourth-order valence-electron chi connectivity index (χ4n) is 5.49. The molecule has 1 atom stereocenters. The summed E-state index contributed by atoms with van der Waals surface area (Å²) in [6.07, 6.45) is 11.3. The Morgan fingerprint density at radius 2 is 1.82 bits per heavy atom. The highest BCUT2D eigenvalue weighted by molar-refractivity contribution is 6.32. The number of fused-ring (bicyclic) bond motifs is 1. The highest BCUT2D eigenvalue weighted by atomic mass is 35.5.